The van der Waals surface area contributed by atoms with Crippen molar-refractivity contribution in [2.24, 2.45) is 10.1 Å². The second-order valence-electron chi connectivity index (χ2n) is 7.47. The first-order valence-electron chi connectivity index (χ1n) is 9.25. The van der Waals surface area contributed by atoms with E-state index in [9.17, 15) is 13.2 Å². The van der Waals surface area contributed by atoms with Gasteiger partial charge in [0, 0.05) is 19.2 Å². The number of carbonyl (C=O) groups is 1. The largest absolute Gasteiger partial charge is 0.478 e. The molecule has 1 aromatic rings. The van der Waals surface area contributed by atoms with Gasteiger partial charge < -0.3 is 15.4 Å². The van der Waals surface area contributed by atoms with Crippen molar-refractivity contribution in [1.29, 1.82) is 0 Å². The van der Waals surface area contributed by atoms with Crippen LogP contribution >= 0.6 is 0 Å². The van der Waals surface area contributed by atoms with Gasteiger partial charge in [0.2, 0.25) is 5.89 Å². The Morgan fingerprint density at radius 2 is 1.96 bits per heavy atom. The summed E-state index contributed by atoms with van der Waals surface area (Å²) >= 11 is 0. The Kier molecular flexibility index (Phi) is 5.57. The summed E-state index contributed by atoms with van der Waals surface area (Å²) in [7, 11) is -2.47. The number of nitrogens with two attached hydrogens (primary N) is 1. The van der Waals surface area contributed by atoms with Gasteiger partial charge in [0.1, 0.15) is 0 Å². The predicted molar refractivity (Wildman–Crippen MR) is 101 cm³/mol. The fourth-order valence-electron chi connectivity index (χ4n) is 3.18. The maximum absolute atomic E-state index is 11.1. The van der Waals surface area contributed by atoms with E-state index in [1.165, 1.54) is 46.1 Å². The van der Waals surface area contributed by atoms with Crippen LogP contribution in [0.5, 0.6) is 0 Å². The fraction of sp³-hybridized carbons (Fsp3) is 0.647. The molecule has 28 heavy (non-hydrogen) atoms. The van der Waals surface area contributed by atoms with Gasteiger partial charge in [-0.3, -0.25) is 4.31 Å². The van der Waals surface area contributed by atoms with Crippen molar-refractivity contribution < 1.29 is 22.8 Å². The summed E-state index contributed by atoms with van der Waals surface area (Å²) in [5.41, 5.74) is 5.86. The van der Waals surface area contributed by atoms with E-state index in [-0.39, 0.29) is 16.8 Å². The minimum Gasteiger partial charge on any atom is -0.478 e. The van der Waals surface area contributed by atoms with Crippen molar-refractivity contribution in [2.45, 2.75) is 63.3 Å². The molecule has 0 aromatic carbocycles. The molecule has 2 saturated carbocycles. The van der Waals surface area contributed by atoms with Crippen molar-refractivity contribution in [3.63, 3.8) is 0 Å². The Balaban J connectivity index is 0.000000163. The van der Waals surface area contributed by atoms with E-state index in [4.69, 9.17) is 15.4 Å². The van der Waals surface area contributed by atoms with Crippen LogP contribution in [0, 0.1) is 0 Å². The van der Waals surface area contributed by atoms with E-state index in [0.29, 0.717) is 11.8 Å². The topological polar surface area (TPSA) is 152 Å². The summed E-state index contributed by atoms with van der Waals surface area (Å²) in [6, 6.07) is 0. The smallest absolute Gasteiger partial charge is 0.344 e. The van der Waals surface area contributed by atoms with E-state index in [1.54, 1.807) is 0 Å². The van der Waals surface area contributed by atoms with Gasteiger partial charge in [-0.2, -0.15) is 13.4 Å². The predicted octanol–water partition coefficient (Wildman–Crippen LogP) is 1.67. The van der Waals surface area contributed by atoms with Crippen molar-refractivity contribution in [1.82, 2.24) is 14.4 Å². The number of rotatable bonds is 3. The minimum absolute atomic E-state index is 0.00870. The van der Waals surface area contributed by atoms with Gasteiger partial charge in [0.05, 0.1) is 16.8 Å². The lowest BCUT2D eigenvalue weighted by atomic mass is 9.82. The number of nitrogens with zero attached hydrogens (tertiary/aromatic N) is 4. The van der Waals surface area contributed by atoms with Gasteiger partial charge in [-0.05, 0) is 32.6 Å². The average Bonchev–Trinajstić information content (AvgIpc) is 3.35. The molecule has 3 aliphatic rings. The van der Waals surface area contributed by atoms with Crippen molar-refractivity contribution in [3.05, 3.63) is 23.5 Å². The van der Waals surface area contributed by atoms with Crippen LogP contribution in [-0.4, -0.2) is 46.7 Å². The molecule has 4 rings (SSSR count). The first-order valence-corrected chi connectivity index (χ1v) is 10.6. The maximum Gasteiger partial charge on any atom is 0.344 e. The van der Waals surface area contributed by atoms with E-state index in [1.807, 2.05) is 0 Å². The highest BCUT2D eigenvalue weighted by Crippen LogP contribution is 2.40. The molecule has 11 heteroatoms. The molecule has 0 spiro atoms. The van der Waals surface area contributed by atoms with Crippen molar-refractivity contribution in [2.75, 3.05) is 7.05 Å². The number of hydrogen-bond donors (Lipinski definition) is 2. The summed E-state index contributed by atoms with van der Waals surface area (Å²) in [4.78, 5) is 15.0. The number of aromatic nitrogens is 2. The van der Waals surface area contributed by atoms with Gasteiger partial charge in [-0.25, -0.2) is 4.79 Å². The van der Waals surface area contributed by atoms with Crippen molar-refractivity contribution in [3.8, 4) is 0 Å². The molecule has 0 radical (unpaired) electrons. The molecule has 2 fully saturated rings. The van der Waals surface area contributed by atoms with Crippen molar-refractivity contribution >= 4 is 21.9 Å². The molecule has 0 unspecified atom stereocenters. The van der Waals surface area contributed by atoms with Crippen LogP contribution in [0.1, 0.15) is 69.5 Å². The number of carboxylic acid groups (broad SMARTS) is 1. The second kappa shape index (κ2) is 7.63. The third-order valence-corrected chi connectivity index (χ3v) is 6.44. The quantitative estimate of drug-likeness (QED) is 0.762. The zero-order valence-electron chi connectivity index (χ0n) is 16.0. The van der Waals surface area contributed by atoms with Crippen LogP contribution in [0.2, 0.25) is 0 Å². The third-order valence-electron chi connectivity index (χ3n) is 5.10. The van der Waals surface area contributed by atoms with E-state index < -0.39 is 16.2 Å². The molecule has 0 atom stereocenters. The molecule has 154 valence electrons. The Morgan fingerprint density at radius 1 is 1.32 bits per heavy atom. The Bertz CT molecular complexity index is 910. The third kappa shape index (κ3) is 4.41. The number of carboxylic acids is 1. The summed E-state index contributed by atoms with van der Waals surface area (Å²) in [5, 5.41) is 12.7. The van der Waals surface area contributed by atoms with Crippen LogP contribution in [-0.2, 0) is 20.5 Å². The summed E-state index contributed by atoms with van der Waals surface area (Å²) in [6.07, 6.45) is 9.05. The molecule has 2 heterocycles. The standard InChI is InChI=1S/C11H17N3O.C6H8N2O4S/c12-11(6-2-1-3-7-11)10-13-9(14-15-10)8-4-5-8;1-4-5(6(9)10)3-8(2)13(11,12)7-4/h8H,1-7,12H2;3H,1-2H3,(H,9,10). The molecule has 0 bridgehead atoms. The van der Waals surface area contributed by atoms with E-state index in [0.717, 1.165) is 29.2 Å². The van der Waals surface area contributed by atoms with Gasteiger partial charge in [0.25, 0.3) is 0 Å². The average molecular weight is 411 g/mol. The molecule has 2 aliphatic carbocycles. The fourth-order valence-corrected chi connectivity index (χ4v) is 3.99. The lowest BCUT2D eigenvalue weighted by Crippen LogP contribution is -2.38. The highest BCUT2D eigenvalue weighted by atomic mass is 32.2. The Hall–Kier alpha value is -2.27. The zero-order valence-corrected chi connectivity index (χ0v) is 16.8. The highest BCUT2D eigenvalue weighted by Gasteiger charge is 2.37. The van der Waals surface area contributed by atoms with Crippen LogP contribution in [0.15, 0.2) is 20.7 Å². The SMILES string of the molecule is CC1=NS(=O)(=O)N(C)C=C1C(=O)O.NC1(c2nc(C3CC3)no2)CCCCC1. The van der Waals surface area contributed by atoms with Crippen LogP contribution in [0.25, 0.3) is 0 Å². The summed E-state index contributed by atoms with van der Waals surface area (Å²) in [5.74, 6) is 0.905. The molecule has 0 saturated heterocycles. The molecule has 1 aromatic heterocycles. The second-order valence-corrected chi connectivity index (χ2v) is 9.12. The van der Waals surface area contributed by atoms with Gasteiger partial charge >= 0.3 is 16.2 Å². The molecular formula is C17H25N5O5S. The number of aliphatic carboxylic acids is 1. The van der Waals surface area contributed by atoms with Crippen LogP contribution in [0.4, 0.5) is 0 Å². The summed E-state index contributed by atoms with van der Waals surface area (Å²) < 4.78 is 31.5. The van der Waals surface area contributed by atoms with Gasteiger partial charge in [0.15, 0.2) is 5.82 Å². The molecule has 1 aliphatic heterocycles. The van der Waals surface area contributed by atoms with Crippen LogP contribution < -0.4 is 5.73 Å². The lowest BCUT2D eigenvalue weighted by molar-refractivity contribution is -0.132. The number of hydrogen-bond acceptors (Lipinski definition) is 7. The first kappa shape index (κ1) is 20.5. The normalized spacial score (nSPS) is 23.2. The van der Waals surface area contributed by atoms with E-state index >= 15 is 0 Å². The molecule has 10 nitrogen and oxygen atoms in total. The Labute approximate surface area is 163 Å². The highest BCUT2D eigenvalue weighted by molar-refractivity contribution is 7.88. The Morgan fingerprint density at radius 3 is 2.54 bits per heavy atom. The lowest BCUT2D eigenvalue weighted by Gasteiger charge is -2.29. The van der Waals surface area contributed by atoms with Gasteiger partial charge in [-0.15, -0.1) is 4.40 Å². The first-order chi connectivity index (χ1) is 13.1. The van der Waals surface area contributed by atoms with E-state index in [2.05, 4.69) is 14.5 Å². The van der Waals surface area contributed by atoms with Crippen LogP contribution in [0.3, 0.4) is 0 Å². The molecule has 0 amide bonds. The summed E-state index contributed by atoms with van der Waals surface area (Å²) in [6.45, 7) is 1.34. The zero-order chi connectivity index (χ0) is 20.5. The monoisotopic (exact) mass is 411 g/mol. The molecule has 3 N–H and O–H groups in total. The maximum atomic E-state index is 11.1. The minimum atomic E-state index is -3.70. The van der Waals surface area contributed by atoms with Gasteiger partial charge in [-0.1, -0.05) is 24.4 Å². The molecular weight excluding hydrogens is 386 g/mol.